The standard InChI is InChI=1S/C22H42O3/c1-5-7-8-9-10-11-12-13-14-15-16-17-22(6-2,18-23)19-25-21(24)20(3)4/h23H,3,5-19H2,1-2,4H3. The van der Waals surface area contributed by atoms with E-state index in [0.29, 0.717) is 12.2 Å². The van der Waals surface area contributed by atoms with Crippen LogP contribution in [0.3, 0.4) is 0 Å². The highest BCUT2D eigenvalue weighted by Crippen LogP contribution is 2.29. The lowest BCUT2D eigenvalue weighted by Gasteiger charge is -2.30. The molecule has 0 bridgehead atoms. The minimum atomic E-state index is -0.356. The Morgan fingerprint density at radius 2 is 1.40 bits per heavy atom. The lowest BCUT2D eigenvalue weighted by molar-refractivity contribution is -0.144. The second kappa shape index (κ2) is 15.4. The maximum Gasteiger partial charge on any atom is 0.333 e. The van der Waals surface area contributed by atoms with Gasteiger partial charge in [0.1, 0.15) is 0 Å². The summed E-state index contributed by atoms with van der Waals surface area (Å²) >= 11 is 0. The molecule has 25 heavy (non-hydrogen) atoms. The third-order valence-corrected chi connectivity index (χ3v) is 5.25. The molecule has 148 valence electrons. The SMILES string of the molecule is C=C(C)C(=O)OCC(CC)(CO)CCCCCCCCCCCCC. The number of unbranched alkanes of at least 4 members (excludes halogenated alkanes) is 10. The Hall–Kier alpha value is -0.830. The summed E-state index contributed by atoms with van der Waals surface area (Å²) in [5.74, 6) is -0.356. The number of rotatable bonds is 17. The van der Waals surface area contributed by atoms with Crippen LogP contribution in [-0.4, -0.2) is 24.3 Å². The molecule has 0 aliphatic heterocycles. The van der Waals surface area contributed by atoms with Gasteiger partial charge in [0.05, 0.1) is 13.2 Å². The number of hydrogen-bond acceptors (Lipinski definition) is 3. The molecule has 0 radical (unpaired) electrons. The summed E-state index contributed by atoms with van der Waals surface area (Å²) in [6.07, 6.45) is 16.2. The van der Waals surface area contributed by atoms with Gasteiger partial charge in [-0.2, -0.15) is 0 Å². The predicted octanol–water partition coefficient (Wildman–Crippen LogP) is 6.20. The predicted molar refractivity (Wildman–Crippen MR) is 107 cm³/mol. The Bertz CT molecular complexity index is 345. The first-order valence-corrected chi connectivity index (χ1v) is 10.4. The molecule has 0 aromatic carbocycles. The lowest BCUT2D eigenvalue weighted by atomic mass is 9.81. The summed E-state index contributed by atoms with van der Waals surface area (Å²) < 4.78 is 5.30. The highest BCUT2D eigenvalue weighted by molar-refractivity contribution is 5.86. The Morgan fingerprint density at radius 1 is 0.920 bits per heavy atom. The molecule has 0 heterocycles. The summed E-state index contributed by atoms with van der Waals surface area (Å²) in [6.45, 7) is 9.94. The van der Waals surface area contributed by atoms with Gasteiger partial charge in [0, 0.05) is 11.0 Å². The van der Waals surface area contributed by atoms with Gasteiger partial charge in [-0.25, -0.2) is 4.79 Å². The molecule has 0 amide bonds. The molecule has 0 aliphatic carbocycles. The molecule has 3 heteroatoms. The molecule has 0 aromatic heterocycles. The maximum atomic E-state index is 11.6. The largest absolute Gasteiger partial charge is 0.462 e. The van der Waals surface area contributed by atoms with Gasteiger partial charge in [-0.3, -0.25) is 0 Å². The number of ether oxygens (including phenoxy) is 1. The minimum Gasteiger partial charge on any atom is -0.462 e. The molecule has 0 rings (SSSR count). The molecule has 3 nitrogen and oxygen atoms in total. The van der Waals surface area contributed by atoms with E-state index in [1.165, 1.54) is 64.2 Å². The van der Waals surface area contributed by atoms with Crippen molar-refractivity contribution in [3.05, 3.63) is 12.2 Å². The van der Waals surface area contributed by atoms with Gasteiger partial charge in [-0.05, 0) is 19.8 Å². The van der Waals surface area contributed by atoms with Crippen molar-refractivity contribution in [3.63, 3.8) is 0 Å². The zero-order chi connectivity index (χ0) is 19.0. The fourth-order valence-corrected chi connectivity index (χ4v) is 3.09. The van der Waals surface area contributed by atoms with Crippen LogP contribution in [0.15, 0.2) is 12.2 Å². The Morgan fingerprint density at radius 3 is 1.80 bits per heavy atom. The van der Waals surface area contributed by atoms with Crippen LogP contribution >= 0.6 is 0 Å². The van der Waals surface area contributed by atoms with Gasteiger partial charge in [-0.15, -0.1) is 0 Å². The quantitative estimate of drug-likeness (QED) is 0.192. The highest BCUT2D eigenvalue weighted by atomic mass is 16.5. The van der Waals surface area contributed by atoms with Crippen molar-refractivity contribution in [3.8, 4) is 0 Å². The van der Waals surface area contributed by atoms with E-state index >= 15 is 0 Å². The van der Waals surface area contributed by atoms with E-state index < -0.39 is 0 Å². The van der Waals surface area contributed by atoms with Crippen molar-refractivity contribution in [1.82, 2.24) is 0 Å². The lowest BCUT2D eigenvalue weighted by Crippen LogP contribution is -2.32. The normalized spacial score (nSPS) is 13.4. The number of carbonyl (C=O) groups excluding carboxylic acids is 1. The van der Waals surface area contributed by atoms with Crippen LogP contribution in [0.25, 0.3) is 0 Å². The molecule has 0 saturated carbocycles. The second-order valence-electron chi connectivity index (χ2n) is 7.65. The molecule has 0 aliphatic rings. The van der Waals surface area contributed by atoms with Crippen LogP contribution in [-0.2, 0) is 9.53 Å². The molecule has 0 spiro atoms. The zero-order valence-corrected chi connectivity index (χ0v) is 17.1. The monoisotopic (exact) mass is 354 g/mol. The summed E-state index contributed by atoms with van der Waals surface area (Å²) in [4.78, 5) is 11.6. The Balaban J connectivity index is 3.79. The van der Waals surface area contributed by atoms with Gasteiger partial charge < -0.3 is 9.84 Å². The molecule has 0 aromatic rings. The van der Waals surface area contributed by atoms with E-state index in [0.717, 1.165) is 19.3 Å². The third kappa shape index (κ3) is 12.2. The Kier molecular flexibility index (Phi) is 14.9. The fraction of sp³-hybridized carbons (Fsp3) is 0.864. The van der Waals surface area contributed by atoms with Gasteiger partial charge in [0.25, 0.3) is 0 Å². The topological polar surface area (TPSA) is 46.5 Å². The Labute approximate surface area is 156 Å². The molecule has 1 atom stereocenters. The van der Waals surface area contributed by atoms with E-state index in [2.05, 4.69) is 20.4 Å². The molecular weight excluding hydrogens is 312 g/mol. The average molecular weight is 355 g/mol. The number of hydrogen-bond donors (Lipinski definition) is 1. The summed E-state index contributed by atoms with van der Waals surface area (Å²) in [5, 5.41) is 9.78. The minimum absolute atomic E-state index is 0.0741. The van der Waals surface area contributed by atoms with E-state index in [9.17, 15) is 9.90 Å². The first kappa shape index (κ1) is 24.2. The van der Waals surface area contributed by atoms with E-state index in [1.54, 1.807) is 6.92 Å². The van der Waals surface area contributed by atoms with E-state index in [4.69, 9.17) is 4.74 Å². The average Bonchev–Trinajstić information content (AvgIpc) is 2.62. The number of carbonyl (C=O) groups is 1. The van der Waals surface area contributed by atoms with Gasteiger partial charge in [-0.1, -0.05) is 91.1 Å². The summed E-state index contributed by atoms with van der Waals surface area (Å²) in [6, 6.07) is 0. The van der Waals surface area contributed by atoms with Crippen molar-refractivity contribution in [1.29, 1.82) is 0 Å². The molecule has 1 N–H and O–H groups in total. The third-order valence-electron chi connectivity index (χ3n) is 5.25. The fourth-order valence-electron chi connectivity index (χ4n) is 3.09. The molecule has 0 saturated heterocycles. The van der Waals surface area contributed by atoms with Crippen LogP contribution in [0.4, 0.5) is 0 Å². The van der Waals surface area contributed by atoms with Gasteiger partial charge in [0.2, 0.25) is 0 Å². The van der Waals surface area contributed by atoms with Crippen LogP contribution in [0.1, 0.15) is 104 Å². The zero-order valence-electron chi connectivity index (χ0n) is 17.1. The van der Waals surface area contributed by atoms with E-state index in [-0.39, 0.29) is 18.0 Å². The maximum absolute atomic E-state index is 11.6. The van der Waals surface area contributed by atoms with Gasteiger partial charge >= 0.3 is 5.97 Å². The van der Waals surface area contributed by atoms with Crippen LogP contribution in [0, 0.1) is 5.41 Å². The molecule has 1 unspecified atom stereocenters. The van der Waals surface area contributed by atoms with E-state index in [1.807, 2.05) is 0 Å². The van der Waals surface area contributed by atoms with Crippen molar-refractivity contribution >= 4 is 5.97 Å². The first-order valence-electron chi connectivity index (χ1n) is 10.4. The molecular formula is C22H42O3. The summed E-state index contributed by atoms with van der Waals surface area (Å²) in [7, 11) is 0. The number of aliphatic hydroxyl groups is 1. The van der Waals surface area contributed by atoms with Crippen LogP contribution < -0.4 is 0 Å². The number of aliphatic hydroxyl groups excluding tert-OH is 1. The van der Waals surface area contributed by atoms with Crippen molar-refractivity contribution in [2.24, 2.45) is 5.41 Å². The van der Waals surface area contributed by atoms with Crippen molar-refractivity contribution in [2.45, 2.75) is 104 Å². The highest BCUT2D eigenvalue weighted by Gasteiger charge is 2.28. The molecule has 0 fully saturated rings. The second-order valence-corrected chi connectivity index (χ2v) is 7.65. The first-order chi connectivity index (χ1) is 12.0. The van der Waals surface area contributed by atoms with Gasteiger partial charge in [0.15, 0.2) is 0 Å². The van der Waals surface area contributed by atoms with Crippen molar-refractivity contribution < 1.29 is 14.6 Å². The van der Waals surface area contributed by atoms with Crippen LogP contribution in [0.2, 0.25) is 0 Å². The summed E-state index contributed by atoms with van der Waals surface area (Å²) in [5.41, 5.74) is 0.127. The number of esters is 1. The van der Waals surface area contributed by atoms with Crippen molar-refractivity contribution in [2.75, 3.05) is 13.2 Å². The smallest absolute Gasteiger partial charge is 0.333 e. The van der Waals surface area contributed by atoms with Crippen LogP contribution in [0.5, 0.6) is 0 Å².